The van der Waals surface area contributed by atoms with Crippen molar-refractivity contribution < 1.29 is 4.74 Å². The molecule has 1 aliphatic rings. The van der Waals surface area contributed by atoms with E-state index < -0.39 is 0 Å². The van der Waals surface area contributed by atoms with Gasteiger partial charge in [-0.25, -0.2) is 4.68 Å². The van der Waals surface area contributed by atoms with E-state index in [0.717, 1.165) is 44.2 Å². The SMILES string of the molecule is COc1ccccc1N1CCN([C@@H](CC(C)C)c2nnnn2Cc2ccccc2)CC1. The lowest BCUT2D eigenvalue weighted by Gasteiger charge is -2.40. The molecule has 2 heterocycles. The lowest BCUT2D eigenvalue weighted by atomic mass is 10.0. The molecule has 4 rings (SSSR count). The summed E-state index contributed by atoms with van der Waals surface area (Å²) in [6.07, 6.45) is 1.03. The maximum absolute atomic E-state index is 5.57. The van der Waals surface area contributed by atoms with Crippen LogP contribution in [0.5, 0.6) is 5.75 Å². The van der Waals surface area contributed by atoms with E-state index in [0.29, 0.717) is 12.5 Å². The largest absolute Gasteiger partial charge is 0.495 e. The number of hydrogen-bond donors (Lipinski definition) is 0. The van der Waals surface area contributed by atoms with E-state index in [1.165, 1.54) is 11.3 Å². The van der Waals surface area contributed by atoms with Gasteiger partial charge in [-0.3, -0.25) is 4.90 Å². The van der Waals surface area contributed by atoms with Crippen molar-refractivity contribution in [2.75, 3.05) is 38.2 Å². The smallest absolute Gasteiger partial charge is 0.168 e. The van der Waals surface area contributed by atoms with E-state index in [1.54, 1.807) is 7.11 Å². The number of anilines is 1. The first kappa shape index (κ1) is 21.3. The van der Waals surface area contributed by atoms with Gasteiger partial charge in [-0.15, -0.1) is 5.10 Å². The summed E-state index contributed by atoms with van der Waals surface area (Å²) in [6, 6.07) is 18.9. The van der Waals surface area contributed by atoms with Crippen LogP contribution >= 0.6 is 0 Å². The second-order valence-electron chi connectivity index (χ2n) is 8.52. The molecule has 31 heavy (non-hydrogen) atoms. The highest BCUT2D eigenvalue weighted by Gasteiger charge is 2.30. The van der Waals surface area contributed by atoms with Crippen LogP contribution in [-0.2, 0) is 6.54 Å². The first-order chi connectivity index (χ1) is 15.2. The van der Waals surface area contributed by atoms with Gasteiger partial charge in [-0.1, -0.05) is 56.3 Å². The highest BCUT2D eigenvalue weighted by atomic mass is 16.5. The fraction of sp³-hybridized carbons (Fsp3) is 0.458. The molecule has 0 N–H and O–H groups in total. The van der Waals surface area contributed by atoms with Gasteiger partial charge in [0.25, 0.3) is 0 Å². The number of hydrogen-bond acceptors (Lipinski definition) is 6. The lowest BCUT2D eigenvalue weighted by molar-refractivity contribution is 0.153. The molecule has 7 nitrogen and oxygen atoms in total. The van der Waals surface area contributed by atoms with E-state index in [2.05, 4.69) is 75.6 Å². The van der Waals surface area contributed by atoms with E-state index in [9.17, 15) is 0 Å². The quantitative estimate of drug-likeness (QED) is 0.555. The molecule has 0 bridgehead atoms. The molecular formula is C24H32N6O. The maximum Gasteiger partial charge on any atom is 0.168 e. The third-order valence-corrected chi connectivity index (χ3v) is 5.91. The van der Waals surface area contributed by atoms with Crippen LogP contribution in [-0.4, -0.2) is 58.4 Å². The molecule has 0 radical (unpaired) electrons. The van der Waals surface area contributed by atoms with Crippen molar-refractivity contribution in [2.45, 2.75) is 32.9 Å². The Morgan fingerprint density at radius 3 is 2.35 bits per heavy atom. The van der Waals surface area contributed by atoms with Gasteiger partial charge in [0.1, 0.15) is 5.75 Å². The van der Waals surface area contributed by atoms with Gasteiger partial charge in [-0.05, 0) is 40.5 Å². The Morgan fingerprint density at radius 1 is 0.935 bits per heavy atom. The molecule has 0 unspecified atom stereocenters. The number of rotatable bonds is 8. The molecule has 1 aromatic heterocycles. The Morgan fingerprint density at radius 2 is 1.65 bits per heavy atom. The van der Waals surface area contributed by atoms with Crippen molar-refractivity contribution in [3.05, 3.63) is 66.0 Å². The van der Waals surface area contributed by atoms with Gasteiger partial charge >= 0.3 is 0 Å². The fourth-order valence-corrected chi connectivity index (χ4v) is 4.35. The number of para-hydroxylation sites is 2. The zero-order valence-corrected chi connectivity index (χ0v) is 18.7. The first-order valence-corrected chi connectivity index (χ1v) is 11.1. The lowest BCUT2D eigenvalue weighted by Crippen LogP contribution is -2.48. The standard InChI is InChI=1S/C24H32N6O/c1-19(2)17-22(24-25-26-27-30(24)18-20-9-5-4-6-10-20)29-15-13-28(14-16-29)21-11-7-8-12-23(21)31-3/h4-12,19,22H,13-18H2,1-3H3/t22-/m0/s1. The number of methoxy groups -OCH3 is 1. The molecule has 0 amide bonds. The molecule has 0 saturated carbocycles. The van der Waals surface area contributed by atoms with Gasteiger partial charge < -0.3 is 9.64 Å². The van der Waals surface area contributed by atoms with Gasteiger partial charge in [0.05, 0.1) is 25.4 Å². The van der Waals surface area contributed by atoms with Gasteiger partial charge in [0, 0.05) is 26.2 Å². The summed E-state index contributed by atoms with van der Waals surface area (Å²) >= 11 is 0. The monoisotopic (exact) mass is 420 g/mol. The van der Waals surface area contributed by atoms with Crippen LogP contribution in [0, 0.1) is 5.92 Å². The number of nitrogens with zero attached hydrogens (tertiary/aromatic N) is 6. The summed E-state index contributed by atoms with van der Waals surface area (Å²) in [4.78, 5) is 4.95. The molecule has 1 aliphatic heterocycles. The van der Waals surface area contributed by atoms with Crippen molar-refractivity contribution >= 4 is 5.69 Å². The van der Waals surface area contributed by atoms with Crippen molar-refractivity contribution in [3.8, 4) is 5.75 Å². The first-order valence-electron chi connectivity index (χ1n) is 11.1. The number of ether oxygens (including phenoxy) is 1. The second kappa shape index (κ2) is 9.92. The summed E-state index contributed by atoms with van der Waals surface area (Å²) in [7, 11) is 1.74. The van der Waals surface area contributed by atoms with Crippen LogP contribution in [0.3, 0.4) is 0 Å². The third kappa shape index (κ3) is 5.05. The van der Waals surface area contributed by atoms with Crippen LogP contribution in [0.2, 0.25) is 0 Å². The minimum Gasteiger partial charge on any atom is -0.495 e. The van der Waals surface area contributed by atoms with Crippen LogP contribution in [0.4, 0.5) is 5.69 Å². The predicted molar refractivity (Wildman–Crippen MR) is 122 cm³/mol. The summed E-state index contributed by atoms with van der Waals surface area (Å²) in [6.45, 7) is 9.07. The third-order valence-electron chi connectivity index (χ3n) is 5.91. The number of benzene rings is 2. The molecular weight excluding hydrogens is 388 g/mol. The van der Waals surface area contributed by atoms with Crippen LogP contribution in [0.15, 0.2) is 54.6 Å². The Balaban J connectivity index is 1.50. The summed E-state index contributed by atoms with van der Waals surface area (Å²) in [5.41, 5.74) is 2.37. The zero-order valence-electron chi connectivity index (χ0n) is 18.7. The molecule has 7 heteroatoms. The van der Waals surface area contributed by atoms with Crippen molar-refractivity contribution in [1.29, 1.82) is 0 Å². The fourth-order valence-electron chi connectivity index (χ4n) is 4.35. The van der Waals surface area contributed by atoms with E-state index in [1.807, 2.05) is 22.9 Å². The Labute approximate surface area is 184 Å². The minimum atomic E-state index is 0.207. The summed E-state index contributed by atoms with van der Waals surface area (Å²) in [5.74, 6) is 2.45. The average molecular weight is 421 g/mol. The maximum atomic E-state index is 5.57. The molecule has 0 aliphatic carbocycles. The van der Waals surface area contributed by atoms with Gasteiger partial charge in [-0.2, -0.15) is 0 Å². The van der Waals surface area contributed by atoms with E-state index >= 15 is 0 Å². The Bertz CT molecular complexity index is 949. The minimum absolute atomic E-state index is 0.207. The summed E-state index contributed by atoms with van der Waals surface area (Å²) in [5, 5.41) is 12.8. The second-order valence-corrected chi connectivity index (χ2v) is 8.52. The average Bonchev–Trinajstić information content (AvgIpc) is 3.26. The molecule has 1 saturated heterocycles. The Kier molecular flexibility index (Phi) is 6.82. The number of aromatic nitrogens is 4. The molecule has 164 valence electrons. The van der Waals surface area contributed by atoms with Crippen LogP contribution < -0.4 is 9.64 Å². The number of tetrazole rings is 1. The van der Waals surface area contributed by atoms with Gasteiger partial charge in [0.2, 0.25) is 0 Å². The van der Waals surface area contributed by atoms with Crippen molar-refractivity contribution in [3.63, 3.8) is 0 Å². The molecule has 1 fully saturated rings. The zero-order chi connectivity index (χ0) is 21.6. The van der Waals surface area contributed by atoms with E-state index in [4.69, 9.17) is 4.74 Å². The predicted octanol–water partition coefficient (Wildman–Crippen LogP) is 3.64. The van der Waals surface area contributed by atoms with Crippen LogP contribution in [0.25, 0.3) is 0 Å². The van der Waals surface area contributed by atoms with Crippen molar-refractivity contribution in [1.82, 2.24) is 25.1 Å². The van der Waals surface area contributed by atoms with Crippen molar-refractivity contribution in [2.24, 2.45) is 5.92 Å². The van der Waals surface area contributed by atoms with E-state index in [-0.39, 0.29) is 6.04 Å². The topological polar surface area (TPSA) is 59.3 Å². The highest BCUT2D eigenvalue weighted by Crippen LogP contribution is 2.32. The molecule has 1 atom stereocenters. The van der Waals surface area contributed by atoms with Crippen LogP contribution in [0.1, 0.15) is 37.7 Å². The Hall–Kier alpha value is -2.93. The molecule has 2 aromatic carbocycles. The highest BCUT2D eigenvalue weighted by molar-refractivity contribution is 5.58. The summed E-state index contributed by atoms with van der Waals surface area (Å²) < 4.78 is 7.54. The number of piperazine rings is 1. The van der Waals surface area contributed by atoms with Gasteiger partial charge in [0.15, 0.2) is 5.82 Å². The molecule has 0 spiro atoms. The molecule has 3 aromatic rings. The normalized spacial score (nSPS) is 15.9.